The third-order valence-corrected chi connectivity index (χ3v) is 3.09. The van der Waals surface area contributed by atoms with Crippen molar-refractivity contribution in [3.63, 3.8) is 0 Å². The van der Waals surface area contributed by atoms with Gasteiger partial charge in [-0.1, -0.05) is 24.3 Å². The van der Waals surface area contributed by atoms with Crippen LogP contribution in [0.25, 0.3) is 6.08 Å². The predicted molar refractivity (Wildman–Crippen MR) is 72.4 cm³/mol. The number of amides is 2. The van der Waals surface area contributed by atoms with E-state index in [1.54, 1.807) is 36.4 Å². The van der Waals surface area contributed by atoms with Crippen molar-refractivity contribution in [2.75, 3.05) is 0 Å². The maximum absolute atomic E-state index is 13.1. The van der Waals surface area contributed by atoms with Crippen molar-refractivity contribution in [1.29, 1.82) is 0 Å². The summed E-state index contributed by atoms with van der Waals surface area (Å²) < 4.78 is 13.1. The molecular formula is C16H10FNO2. The van der Waals surface area contributed by atoms with Gasteiger partial charge in [-0.25, -0.2) is 9.29 Å². The van der Waals surface area contributed by atoms with Crippen LogP contribution in [0.1, 0.15) is 26.3 Å². The Balaban J connectivity index is 1.90. The molecule has 2 aromatic rings. The SMILES string of the molecule is O=C1c2ccccc2C(=O)N1C=Cc1cccc(F)c1. The fourth-order valence-corrected chi connectivity index (χ4v) is 2.11. The molecule has 3 nitrogen and oxygen atoms in total. The first-order valence-electron chi connectivity index (χ1n) is 6.07. The second-order valence-electron chi connectivity index (χ2n) is 4.40. The summed E-state index contributed by atoms with van der Waals surface area (Å²) in [6.07, 6.45) is 2.91. The minimum Gasteiger partial charge on any atom is -0.268 e. The van der Waals surface area contributed by atoms with Gasteiger partial charge in [-0.05, 0) is 35.9 Å². The van der Waals surface area contributed by atoms with Crippen LogP contribution in [0.5, 0.6) is 0 Å². The van der Waals surface area contributed by atoms with E-state index in [1.807, 2.05) is 0 Å². The Kier molecular flexibility index (Phi) is 2.91. The van der Waals surface area contributed by atoms with Crippen molar-refractivity contribution < 1.29 is 14.0 Å². The standard InChI is InChI=1S/C16H10FNO2/c17-12-5-3-4-11(10-12)8-9-18-15(19)13-6-1-2-7-14(13)16(18)20/h1-10H. The quantitative estimate of drug-likeness (QED) is 0.784. The molecule has 1 heterocycles. The van der Waals surface area contributed by atoms with Gasteiger partial charge in [-0.15, -0.1) is 0 Å². The molecule has 2 amide bonds. The molecule has 0 spiro atoms. The largest absolute Gasteiger partial charge is 0.268 e. The van der Waals surface area contributed by atoms with Gasteiger partial charge in [0, 0.05) is 6.20 Å². The zero-order valence-electron chi connectivity index (χ0n) is 10.4. The molecule has 3 rings (SSSR count). The number of imide groups is 1. The lowest BCUT2D eigenvalue weighted by Crippen LogP contribution is -2.23. The third-order valence-electron chi connectivity index (χ3n) is 3.09. The van der Waals surface area contributed by atoms with E-state index in [0.29, 0.717) is 16.7 Å². The summed E-state index contributed by atoms with van der Waals surface area (Å²) in [4.78, 5) is 25.2. The van der Waals surface area contributed by atoms with Crippen molar-refractivity contribution >= 4 is 17.9 Å². The minimum absolute atomic E-state index is 0.363. The molecule has 0 saturated heterocycles. The normalized spacial score (nSPS) is 14.2. The molecule has 20 heavy (non-hydrogen) atoms. The minimum atomic E-state index is -0.366. The first-order chi connectivity index (χ1) is 9.66. The number of rotatable bonds is 2. The Morgan fingerprint density at radius 2 is 1.55 bits per heavy atom. The van der Waals surface area contributed by atoms with E-state index in [-0.39, 0.29) is 17.6 Å². The van der Waals surface area contributed by atoms with Gasteiger partial charge in [-0.2, -0.15) is 0 Å². The van der Waals surface area contributed by atoms with Crippen molar-refractivity contribution in [3.8, 4) is 0 Å². The summed E-state index contributed by atoms with van der Waals surface area (Å²) in [5.74, 6) is -1.09. The van der Waals surface area contributed by atoms with Crippen LogP contribution in [0, 0.1) is 5.82 Å². The van der Waals surface area contributed by atoms with Gasteiger partial charge in [0.2, 0.25) is 0 Å². The van der Waals surface area contributed by atoms with Gasteiger partial charge in [-0.3, -0.25) is 9.59 Å². The van der Waals surface area contributed by atoms with Crippen LogP contribution >= 0.6 is 0 Å². The summed E-state index contributed by atoms with van der Waals surface area (Å²) in [7, 11) is 0. The lowest BCUT2D eigenvalue weighted by atomic mass is 10.1. The highest BCUT2D eigenvalue weighted by Gasteiger charge is 2.33. The number of halogens is 1. The molecule has 0 radical (unpaired) electrons. The number of hydrogen-bond acceptors (Lipinski definition) is 2. The number of nitrogens with zero attached hydrogens (tertiary/aromatic N) is 1. The summed E-state index contributed by atoms with van der Waals surface area (Å²) in [5, 5.41) is 0. The van der Waals surface area contributed by atoms with Crippen LogP contribution in [-0.4, -0.2) is 16.7 Å². The van der Waals surface area contributed by atoms with Gasteiger partial charge < -0.3 is 0 Å². The van der Waals surface area contributed by atoms with Crippen LogP contribution in [0.3, 0.4) is 0 Å². The van der Waals surface area contributed by atoms with Crippen molar-refractivity contribution in [2.45, 2.75) is 0 Å². The van der Waals surface area contributed by atoms with Crippen LogP contribution < -0.4 is 0 Å². The average Bonchev–Trinajstić information content (AvgIpc) is 2.70. The first-order valence-corrected chi connectivity index (χ1v) is 6.07. The number of benzene rings is 2. The smallest absolute Gasteiger partial charge is 0.265 e. The lowest BCUT2D eigenvalue weighted by molar-refractivity contribution is 0.0722. The average molecular weight is 267 g/mol. The zero-order chi connectivity index (χ0) is 14.1. The van der Waals surface area contributed by atoms with Crippen LogP contribution in [0.2, 0.25) is 0 Å². The fourth-order valence-electron chi connectivity index (χ4n) is 2.11. The molecule has 0 atom stereocenters. The highest BCUT2D eigenvalue weighted by Crippen LogP contribution is 2.23. The van der Waals surface area contributed by atoms with E-state index in [0.717, 1.165) is 4.90 Å². The molecule has 1 aliphatic rings. The van der Waals surface area contributed by atoms with Gasteiger partial charge in [0.1, 0.15) is 5.82 Å². The second-order valence-corrected chi connectivity index (χ2v) is 4.40. The molecule has 98 valence electrons. The topological polar surface area (TPSA) is 37.4 Å². The highest BCUT2D eigenvalue weighted by atomic mass is 19.1. The van der Waals surface area contributed by atoms with Gasteiger partial charge in [0.15, 0.2) is 0 Å². The Morgan fingerprint density at radius 3 is 2.15 bits per heavy atom. The third kappa shape index (κ3) is 2.01. The summed E-state index contributed by atoms with van der Waals surface area (Å²) in [6.45, 7) is 0. The molecule has 0 aliphatic carbocycles. The Labute approximate surface area is 115 Å². The van der Waals surface area contributed by atoms with Gasteiger partial charge >= 0.3 is 0 Å². The number of fused-ring (bicyclic) bond motifs is 1. The summed E-state index contributed by atoms with van der Waals surface area (Å²) >= 11 is 0. The van der Waals surface area contributed by atoms with E-state index in [4.69, 9.17) is 0 Å². The van der Waals surface area contributed by atoms with Crippen LogP contribution in [0.15, 0.2) is 54.7 Å². The van der Waals surface area contributed by atoms with E-state index in [9.17, 15) is 14.0 Å². The maximum atomic E-state index is 13.1. The molecular weight excluding hydrogens is 257 g/mol. The maximum Gasteiger partial charge on any atom is 0.265 e. The predicted octanol–water partition coefficient (Wildman–Crippen LogP) is 3.09. The molecule has 0 bridgehead atoms. The molecule has 0 N–H and O–H groups in total. The Bertz CT molecular complexity index is 702. The Morgan fingerprint density at radius 1 is 0.900 bits per heavy atom. The second kappa shape index (κ2) is 4.74. The molecule has 0 unspecified atom stereocenters. The van der Waals surface area contributed by atoms with Crippen molar-refractivity contribution in [3.05, 3.63) is 77.2 Å². The summed E-state index contributed by atoms with van der Waals surface area (Å²) in [6, 6.07) is 12.6. The van der Waals surface area contributed by atoms with E-state index >= 15 is 0 Å². The molecule has 0 saturated carbocycles. The molecule has 1 aliphatic heterocycles. The van der Waals surface area contributed by atoms with E-state index in [2.05, 4.69) is 0 Å². The van der Waals surface area contributed by atoms with E-state index in [1.165, 1.54) is 24.4 Å². The summed E-state index contributed by atoms with van der Waals surface area (Å²) in [5.41, 5.74) is 1.37. The number of hydrogen-bond donors (Lipinski definition) is 0. The van der Waals surface area contributed by atoms with Crippen molar-refractivity contribution in [2.24, 2.45) is 0 Å². The Hall–Kier alpha value is -2.75. The number of carbonyl (C=O) groups excluding carboxylic acids is 2. The van der Waals surface area contributed by atoms with Gasteiger partial charge in [0.05, 0.1) is 11.1 Å². The van der Waals surface area contributed by atoms with Gasteiger partial charge in [0.25, 0.3) is 11.8 Å². The lowest BCUT2D eigenvalue weighted by Gasteiger charge is -2.06. The number of carbonyl (C=O) groups is 2. The molecule has 0 fully saturated rings. The highest BCUT2D eigenvalue weighted by molar-refractivity contribution is 6.22. The first kappa shape index (κ1) is 12.3. The molecule has 2 aromatic carbocycles. The zero-order valence-corrected chi connectivity index (χ0v) is 10.4. The van der Waals surface area contributed by atoms with E-state index < -0.39 is 0 Å². The fraction of sp³-hybridized carbons (Fsp3) is 0. The van der Waals surface area contributed by atoms with Crippen LogP contribution in [-0.2, 0) is 0 Å². The van der Waals surface area contributed by atoms with Crippen molar-refractivity contribution in [1.82, 2.24) is 4.90 Å². The molecule has 0 aromatic heterocycles. The monoisotopic (exact) mass is 267 g/mol. The van der Waals surface area contributed by atoms with Crippen LogP contribution in [0.4, 0.5) is 4.39 Å². The molecule has 4 heteroatoms.